The van der Waals surface area contributed by atoms with Gasteiger partial charge in [-0.3, -0.25) is 0 Å². The number of rotatable bonds is 4. The maximum absolute atomic E-state index is 13.6. The van der Waals surface area contributed by atoms with Crippen molar-refractivity contribution >= 4 is 23.7 Å². The summed E-state index contributed by atoms with van der Waals surface area (Å²) in [6.45, 7) is 1.91. The summed E-state index contributed by atoms with van der Waals surface area (Å²) >= 11 is 1.35. The van der Waals surface area contributed by atoms with E-state index in [0.29, 0.717) is 16.7 Å². The van der Waals surface area contributed by atoms with Gasteiger partial charge in [-0.25, -0.2) is 4.39 Å². The van der Waals surface area contributed by atoms with Crippen LogP contribution in [0.3, 0.4) is 0 Å². The van der Waals surface area contributed by atoms with Crippen LogP contribution in [0.1, 0.15) is 18.0 Å². The normalized spacial score (nSPS) is 12.2. The van der Waals surface area contributed by atoms with Crippen LogP contribution in [0.4, 0.5) is 16.3 Å². The summed E-state index contributed by atoms with van der Waals surface area (Å²) in [6, 6.07) is 6.62. The summed E-state index contributed by atoms with van der Waals surface area (Å²) in [5.41, 5.74) is 5.69. The molecular weight excluding hydrogens is 277 g/mol. The van der Waals surface area contributed by atoms with Crippen LogP contribution in [-0.4, -0.2) is 29.0 Å². The zero-order valence-corrected chi connectivity index (χ0v) is 12.4. The average Bonchev–Trinajstić information content (AvgIpc) is 2.40. The number of nitrogens with two attached hydrogens (primary N) is 1. The fourth-order valence-corrected chi connectivity index (χ4v) is 2.49. The van der Waals surface area contributed by atoms with Gasteiger partial charge in [-0.15, -0.1) is 11.8 Å². The number of hydrogen-bond donors (Lipinski definition) is 1. The Morgan fingerprint density at radius 2 is 1.90 bits per heavy atom. The molecule has 106 valence electrons. The Balaban J connectivity index is 2.25. The number of nitrogens with zero attached hydrogens (tertiary/aromatic N) is 4. The molecule has 0 aliphatic heterocycles. The topological polar surface area (TPSA) is 67.9 Å². The van der Waals surface area contributed by atoms with E-state index in [-0.39, 0.29) is 17.0 Å². The van der Waals surface area contributed by atoms with Gasteiger partial charge in [-0.1, -0.05) is 12.1 Å². The molecule has 0 radical (unpaired) electrons. The summed E-state index contributed by atoms with van der Waals surface area (Å²) in [4.78, 5) is 14.8. The SMILES string of the molecule is CC(Sc1ccccc1F)c1nc(N)nc(N(C)C)n1. The van der Waals surface area contributed by atoms with Gasteiger partial charge in [0.15, 0.2) is 0 Å². The van der Waals surface area contributed by atoms with Gasteiger partial charge in [0.1, 0.15) is 11.6 Å². The van der Waals surface area contributed by atoms with E-state index >= 15 is 0 Å². The number of halogens is 1. The van der Waals surface area contributed by atoms with E-state index < -0.39 is 0 Å². The highest BCUT2D eigenvalue weighted by Gasteiger charge is 2.16. The molecular formula is C13H16FN5S. The third-order valence-corrected chi connectivity index (χ3v) is 3.71. The highest BCUT2D eigenvalue weighted by atomic mass is 32.2. The van der Waals surface area contributed by atoms with Gasteiger partial charge < -0.3 is 10.6 Å². The second-order valence-electron chi connectivity index (χ2n) is 4.44. The number of benzene rings is 1. The smallest absolute Gasteiger partial charge is 0.229 e. The number of nitrogen functional groups attached to an aromatic ring is 1. The van der Waals surface area contributed by atoms with Crippen LogP contribution < -0.4 is 10.6 Å². The number of thioether (sulfide) groups is 1. The third-order valence-electron chi connectivity index (χ3n) is 2.56. The summed E-state index contributed by atoms with van der Waals surface area (Å²) in [6.07, 6.45) is 0. The van der Waals surface area contributed by atoms with E-state index in [1.165, 1.54) is 17.8 Å². The van der Waals surface area contributed by atoms with Crippen molar-refractivity contribution in [2.75, 3.05) is 24.7 Å². The second-order valence-corrected chi connectivity index (χ2v) is 5.82. The molecule has 0 fully saturated rings. The number of hydrogen-bond acceptors (Lipinski definition) is 6. The summed E-state index contributed by atoms with van der Waals surface area (Å²) < 4.78 is 13.6. The van der Waals surface area contributed by atoms with Gasteiger partial charge in [-0.05, 0) is 19.1 Å². The summed E-state index contributed by atoms with van der Waals surface area (Å²) in [5, 5.41) is -0.129. The zero-order valence-electron chi connectivity index (χ0n) is 11.5. The monoisotopic (exact) mass is 293 g/mol. The molecule has 0 saturated carbocycles. The predicted octanol–water partition coefficient (Wildman–Crippen LogP) is 2.51. The number of aromatic nitrogens is 3. The molecule has 1 aromatic heterocycles. The number of anilines is 2. The molecule has 0 spiro atoms. The maximum atomic E-state index is 13.6. The molecule has 0 amide bonds. The quantitative estimate of drug-likeness (QED) is 0.874. The third kappa shape index (κ3) is 3.36. The van der Waals surface area contributed by atoms with Crippen molar-refractivity contribution in [3.05, 3.63) is 35.9 Å². The van der Waals surface area contributed by atoms with Gasteiger partial charge in [0.05, 0.1) is 5.25 Å². The van der Waals surface area contributed by atoms with Crippen LogP contribution in [0.2, 0.25) is 0 Å². The second kappa shape index (κ2) is 6.04. The molecule has 0 saturated heterocycles. The first-order valence-corrected chi connectivity index (χ1v) is 6.95. The molecule has 2 rings (SSSR count). The Kier molecular flexibility index (Phi) is 4.39. The Bertz CT molecular complexity index is 605. The lowest BCUT2D eigenvalue weighted by molar-refractivity contribution is 0.601. The predicted molar refractivity (Wildman–Crippen MR) is 79.2 cm³/mol. The van der Waals surface area contributed by atoms with Crippen molar-refractivity contribution in [1.29, 1.82) is 0 Å². The summed E-state index contributed by atoms with van der Waals surface area (Å²) in [7, 11) is 3.65. The van der Waals surface area contributed by atoms with Crippen molar-refractivity contribution in [3.63, 3.8) is 0 Å². The highest BCUT2D eigenvalue weighted by Crippen LogP contribution is 2.34. The molecule has 0 bridgehead atoms. The fraction of sp³-hybridized carbons (Fsp3) is 0.308. The lowest BCUT2D eigenvalue weighted by Crippen LogP contribution is -2.16. The minimum absolute atomic E-state index is 0.129. The van der Waals surface area contributed by atoms with E-state index in [1.807, 2.05) is 21.0 Å². The van der Waals surface area contributed by atoms with Crippen LogP contribution in [0, 0.1) is 5.82 Å². The highest BCUT2D eigenvalue weighted by molar-refractivity contribution is 7.99. The molecule has 2 aromatic rings. The van der Waals surface area contributed by atoms with Crippen molar-refractivity contribution in [1.82, 2.24) is 15.0 Å². The first-order chi connectivity index (χ1) is 9.47. The fourth-order valence-electron chi connectivity index (χ4n) is 1.56. The molecule has 2 N–H and O–H groups in total. The molecule has 0 aliphatic carbocycles. The van der Waals surface area contributed by atoms with Gasteiger partial charge in [-0.2, -0.15) is 15.0 Å². The van der Waals surface area contributed by atoms with Crippen LogP contribution in [0.15, 0.2) is 29.2 Å². The van der Waals surface area contributed by atoms with Gasteiger partial charge in [0.2, 0.25) is 11.9 Å². The van der Waals surface area contributed by atoms with E-state index in [9.17, 15) is 4.39 Å². The lowest BCUT2D eigenvalue weighted by atomic mass is 10.3. The van der Waals surface area contributed by atoms with Crippen molar-refractivity contribution in [2.24, 2.45) is 0 Å². The Hall–Kier alpha value is -1.89. The molecule has 5 nitrogen and oxygen atoms in total. The molecule has 7 heteroatoms. The first kappa shape index (κ1) is 14.5. The molecule has 1 unspecified atom stereocenters. The van der Waals surface area contributed by atoms with E-state index in [0.717, 1.165) is 0 Å². The molecule has 1 atom stereocenters. The molecule has 20 heavy (non-hydrogen) atoms. The molecule has 0 aliphatic rings. The average molecular weight is 293 g/mol. The largest absolute Gasteiger partial charge is 0.368 e. The van der Waals surface area contributed by atoms with Gasteiger partial charge >= 0.3 is 0 Å². The van der Waals surface area contributed by atoms with Gasteiger partial charge in [0, 0.05) is 19.0 Å². The molecule has 1 heterocycles. The minimum atomic E-state index is -0.251. The van der Waals surface area contributed by atoms with Crippen LogP contribution in [0.25, 0.3) is 0 Å². The van der Waals surface area contributed by atoms with Crippen molar-refractivity contribution in [3.8, 4) is 0 Å². The van der Waals surface area contributed by atoms with Crippen molar-refractivity contribution < 1.29 is 4.39 Å². The molecule has 1 aromatic carbocycles. The Morgan fingerprint density at radius 3 is 2.55 bits per heavy atom. The summed E-state index contributed by atoms with van der Waals surface area (Å²) in [5.74, 6) is 0.946. The minimum Gasteiger partial charge on any atom is -0.368 e. The van der Waals surface area contributed by atoms with Crippen LogP contribution in [-0.2, 0) is 0 Å². The van der Waals surface area contributed by atoms with E-state index in [2.05, 4.69) is 15.0 Å². The van der Waals surface area contributed by atoms with E-state index in [1.54, 1.807) is 23.1 Å². The lowest BCUT2D eigenvalue weighted by Gasteiger charge is -2.15. The van der Waals surface area contributed by atoms with E-state index in [4.69, 9.17) is 5.73 Å². The van der Waals surface area contributed by atoms with Crippen molar-refractivity contribution in [2.45, 2.75) is 17.1 Å². The first-order valence-electron chi connectivity index (χ1n) is 6.07. The Morgan fingerprint density at radius 1 is 1.20 bits per heavy atom. The zero-order chi connectivity index (χ0) is 14.7. The van der Waals surface area contributed by atoms with Crippen LogP contribution in [0.5, 0.6) is 0 Å². The van der Waals surface area contributed by atoms with Gasteiger partial charge in [0.25, 0.3) is 0 Å². The standard InChI is InChI=1S/C13H16FN5S/c1-8(20-10-7-5-4-6-9(10)14)11-16-12(15)18-13(17-11)19(2)3/h4-8H,1-3H3,(H2,15,16,17,18). The van der Waals surface area contributed by atoms with Crippen LogP contribution >= 0.6 is 11.8 Å². The maximum Gasteiger partial charge on any atom is 0.229 e. The Labute approximate surface area is 121 Å².